The molecule has 0 aromatic heterocycles. The Morgan fingerprint density at radius 3 is 2.37 bits per heavy atom. The third-order valence-electron chi connectivity index (χ3n) is 3.52. The largest absolute Gasteiger partial charge is 0.342 e. The van der Waals surface area contributed by atoms with Crippen molar-refractivity contribution in [3.8, 4) is 0 Å². The zero-order valence-electron chi connectivity index (χ0n) is 12.2. The third kappa shape index (κ3) is 4.22. The second-order valence-corrected chi connectivity index (χ2v) is 5.09. The van der Waals surface area contributed by atoms with E-state index in [1.807, 2.05) is 55.0 Å². The molecule has 1 unspecified atom stereocenters. The summed E-state index contributed by atoms with van der Waals surface area (Å²) < 4.78 is 0. The Kier molecular flexibility index (Phi) is 6.32. The van der Waals surface area contributed by atoms with E-state index < -0.39 is 0 Å². The Morgan fingerprint density at radius 2 is 1.84 bits per heavy atom. The summed E-state index contributed by atoms with van der Waals surface area (Å²) in [6.07, 6.45) is 0. The molecule has 1 atom stereocenters. The van der Waals surface area contributed by atoms with Gasteiger partial charge in [-0.1, -0.05) is 29.8 Å². The summed E-state index contributed by atoms with van der Waals surface area (Å²) in [7, 11) is 1.95. The quantitative estimate of drug-likeness (QED) is 0.800. The van der Waals surface area contributed by atoms with Gasteiger partial charge in [-0.05, 0) is 39.4 Å². The fourth-order valence-electron chi connectivity index (χ4n) is 2.08. The van der Waals surface area contributed by atoms with Crippen molar-refractivity contribution >= 4 is 17.5 Å². The Labute approximate surface area is 121 Å². The molecule has 1 rings (SSSR count). The first-order valence-electron chi connectivity index (χ1n) is 6.73. The number of hydrogen-bond donors (Lipinski definition) is 0. The molecule has 1 aromatic carbocycles. The van der Waals surface area contributed by atoms with Gasteiger partial charge in [0.2, 0.25) is 5.91 Å². The van der Waals surface area contributed by atoms with Gasteiger partial charge in [-0.15, -0.1) is 0 Å². The minimum absolute atomic E-state index is 0.119. The number of nitrogens with zero attached hydrogens (tertiary/aromatic N) is 2. The number of likely N-dealkylation sites (N-methyl/N-ethyl adjacent to an activating group) is 2. The van der Waals surface area contributed by atoms with Gasteiger partial charge in [-0.3, -0.25) is 9.69 Å². The number of hydrogen-bond acceptors (Lipinski definition) is 2. The highest BCUT2D eigenvalue weighted by molar-refractivity contribution is 6.31. The van der Waals surface area contributed by atoms with Crippen LogP contribution in [0.4, 0.5) is 0 Å². The van der Waals surface area contributed by atoms with Gasteiger partial charge in [0.1, 0.15) is 0 Å². The van der Waals surface area contributed by atoms with Crippen molar-refractivity contribution in [1.82, 2.24) is 9.80 Å². The van der Waals surface area contributed by atoms with Gasteiger partial charge in [0, 0.05) is 24.2 Å². The molecular weight excluding hydrogens is 260 g/mol. The van der Waals surface area contributed by atoms with Crippen LogP contribution in [0.25, 0.3) is 0 Å². The monoisotopic (exact) mass is 282 g/mol. The van der Waals surface area contributed by atoms with Crippen molar-refractivity contribution < 1.29 is 4.79 Å². The van der Waals surface area contributed by atoms with Crippen LogP contribution in [0.5, 0.6) is 0 Å². The standard InChI is InChI=1S/C15H23ClN2O/c1-5-18(6-2)15(19)11-17(4)12(3)13-9-7-8-10-14(13)16/h7-10,12H,5-6,11H2,1-4H3. The van der Waals surface area contributed by atoms with Gasteiger partial charge >= 0.3 is 0 Å². The van der Waals surface area contributed by atoms with E-state index in [4.69, 9.17) is 11.6 Å². The van der Waals surface area contributed by atoms with Crippen molar-refractivity contribution in [3.05, 3.63) is 34.9 Å². The molecule has 0 aliphatic rings. The second-order valence-electron chi connectivity index (χ2n) is 4.68. The molecular formula is C15H23ClN2O. The lowest BCUT2D eigenvalue weighted by Gasteiger charge is -2.28. The van der Waals surface area contributed by atoms with Crippen LogP contribution in [0.2, 0.25) is 5.02 Å². The number of amides is 1. The Hall–Kier alpha value is -1.06. The van der Waals surface area contributed by atoms with Crippen LogP contribution < -0.4 is 0 Å². The fraction of sp³-hybridized carbons (Fsp3) is 0.533. The number of rotatable bonds is 6. The minimum atomic E-state index is 0.119. The molecule has 1 aromatic rings. The Morgan fingerprint density at radius 1 is 1.26 bits per heavy atom. The van der Waals surface area contributed by atoms with Gasteiger partial charge in [0.05, 0.1) is 6.54 Å². The lowest BCUT2D eigenvalue weighted by molar-refractivity contribution is -0.132. The minimum Gasteiger partial charge on any atom is -0.342 e. The Balaban J connectivity index is 2.70. The molecule has 0 spiro atoms. The van der Waals surface area contributed by atoms with Crippen LogP contribution in [0.15, 0.2) is 24.3 Å². The highest BCUT2D eigenvalue weighted by atomic mass is 35.5. The van der Waals surface area contributed by atoms with Crippen molar-refractivity contribution in [3.63, 3.8) is 0 Å². The summed E-state index contributed by atoms with van der Waals surface area (Å²) in [6.45, 7) is 7.98. The van der Waals surface area contributed by atoms with E-state index in [1.54, 1.807) is 0 Å². The first kappa shape index (κ1) is 16.0. The van der Waals surface area contributed by atoms with Crippen molar-refractivity contribution in [2.24, 2.45) is 0 Å². The number of carbonyl (C=O) groups is 1. The van der Waals surface area contributed by atoms with Crippen molar-refractivity contribution in [1.29, 1.82) is 0 Å². The van der Waals surface area contributed by atoms with Crippen molar-refractivity contribution in [2.75, 3.05) is 26.7 Å². The van der Waals surface area contributed by atoms with Gasteiger partial charge in [-0.2, -0.15) is 0 Å². The summed E-state index contributed by atoms with van der Waals surface area (Å²) in [5.41, 5.74) is 1.05. The van der Waals surface area contributed by atoms with E-state index in [0.29, 0.717) is 6.54 Å². The lowest BCUT2D eigenvalue weighted by Crippen LogP contribution is -2.39. The van der Waals surface area contributed by atoms with Crippen LogP contribution in [-0.2, 0) is 4.79 Å². The first-order chi connectivity index (χ1) is 9.01. The van der Waals surface area contributed by atoms with Gasteiger partial charge in [0.25, 0.3) is 0 Å². The molecule has 4 heteroatoms. The van der Waals surface area contributed by atoms with Crippen molar-refractivity contribution in [2.45, 2.75) is 26.8 Å². The van der Waals surface area contributed by atoms with Gasteiger partial charge in [0.15, 0.2) is 0 Å². The van der Waals surface area contributed by atoms with Gasteiger partial charge in [-0.25, -0.2) is 0 Å². The summed E-state index contributed by atoms with van der Waals surface area (Å²) in [5.74, 6) is 0.159. The molecule has 3 nitrogen and oxygen atoms in total. The zero-order valence-corrected chi connectivity index (χ0v) is 12.9. The molecule has 0 fully saturated rings. The molecule has 0 heterocycles. The molecule has 0 aliphatic carbocycles. The predicted octanol–water partition coefficient (Wildman–Crippen LogP) is 3.20. The smallest absolute Gasteiger partial charge is 0.236 e. The molecule has 0 N–H and O–H groups in total. The van der Waals surface area contributed by atoms with E-state index in [0.717, 1.165) is 23.7 Å². The summed E-state index contributed by atoms with van der Waals surface area (Å²) in [4.78, 5) is 16.0. The predicted molar refractivity (Wildman–Crippen MR) is 80.4 cm³/mol. The third-order valence-corrected chi connectivity index (χ3v) is 3.86. The van der Waals surface area contributed by atoms with Crippen LogP contribution in [0.3, 0.4) is 0 Å². The molecule has 0 aliphatic heterocycles. The molecule has 0 saturated heterocycles. The van der Waals surface area contributed by atoms with E-state index in [2.05, 4.69) is 6.92 Å². The summed E-state index contributed by atoms with van der Waals surface area (Å²) >= 11 is 6.19. The highest BCUT2D eigenvalue weighted by Gasteiger charge is 2.18. The summed E-state index contributed by atoms with van der Waals surface area (Å²) in [6, 6.07) is 7.89. The SMILES string of the molecule is CCN(CC)C(=O)CN(C)C(C)c1ccccc1Cl. The Bertz CT molecular complexity index is 418. The van der Waals surface area contributed by atoms with Crippen LogP contribution in [0.1, 0.15) is 32.4 Å². The number of carbonyl (C=O) groups excluding carboxylic acids is 1. The first-order valence-corrected chi connectivity index (χ1v) is 7.11. The zero-order chi connectivity index (χ0) is 14.4. The molecule has 1 amide bonds. The average molecular weight is 283 g/mol. The molecule has 106 valence electrons. The topological polar surface area (TPSA) is 23.6 Å². The fourth-order valence-corrected chi connectivity index (χ4v) is 2.37. The number of halogens is 1. The molecule has 19 heavy (non-hydrogen) atoms. The van der Waals surface area contributed by atoms with E-state index in [1.165, 1.54) is 0 Å². The summed E-state index contributed by atoms with van der Waals surface area (Å²) in [5, 5.41) is 0.747. The lowest BCUT2D eigenvalue weighted by atomic mass is 10.1. The van der Waals surface area contributed by atoms with Crippen LogP contribution >= 0.6 is 11.6 Å². The van der Waals surface area contributed by atoms with E-state index in [9.17, 15) is 4.79 Å². The van der Waals surface area contributed by atoms with Gasteiger partial charge < -0.3 is 4.90 Å². The number of benzene rings is 1. The highest BCUT2D eigenvalue weighted by Crippen LogP contribution is 2.25. The second kappa shape index (κ2) is 7.51. The van der Waals surface area contributed by atoms with E-state index >= 15 is 0 Å². The van der Waals surface area contributed by atoms with E-state index in [-0.39, 0.29) is 11.9 Å². The molecule has 0 radical (unpaired) electrons. The average Bonchev–Trinajstić information content (AvgIpc) is 2.39. The molecule has 0 bridgehead atoms. The normalized spacial score (nSPS) is 12.5. The van der Waals surface area contributed by atoms with Crippen LogP contribution in [0, 0.1) is 0 Å². The maximum Gasteiger partial charge on any atom is 0.236 e. The maximum absolute atomic E-state index is 12.1. The maximum atomic E-state index is 12.1. The molecule has 0 saturated carbocycles. The van der Waals surface area contributed by atoms with Crippen LogP contribution in [-0.4, -0.2) is 42.4 Å².